The molecule has 0 radical (unpaired) electrons. The van der Waals surface area contributed by atoms with Crippen LogP contribution in [0.5, 0.6) is 0 Å². The van der Waals surface area contributed by atoms with Gasteiger partial charge in [0, 0.05) is 24.7 Å². The molecule has 0 amide bonds. The molecule has 0 bridgehead atoms. The molecule has 0 spiro atoms. The Kier molecular flexibility index (Phi) is 5.14. The summed E-state index contributed by atoms with van der Waals surface area (Å²) in [5.74, 6) is 0.547. The van der Waals surface area contributed by atoms with Crippen LogP contribution in [0.1, 0.15) is 45.1 Å². The van der Waals surface area contributed by atoms with Crippen LogP contribution < -0.4 is 4.90 Å². The molecule has 2 aromatic heterocycles. The van der Waals surface area contributed by atoms with Gasteiger partial charge in [-0.25, -0.2) is 9.78 Å². The average molecular weight is 339 g/mol. The van der Waals surface area contributed by atoms with Gasteiger partial charge in [0.15, 0.2) is 11.3 Å². The SMILES string of the molecule is CC(C)CN(c1cc(Cl)nc2cc(C(=O)O)nn12)[C@H](C)C(C)C. The van der Waals surface area contributed by atoms with Gasteiger partial charge in [0.05, 0.1) is 0 Å². The van der Waals surface area contributed by atoms with Crippen molar-refractivity contribution in [3.05, 3.63) is 23.0 Å². The van der Waals surface area contributed by atoms with Crippen LogP contribution in [0.15, 0.2) is 12.1 Å². The van der Waals surface area contributed by atoms with E-state index in [1.54, 1.807) is 10.6 Å². The third-order valence-corrected chi connectivity index (χ3v) is 4.10. The molecular weight excluding hydrogens is 316 g/mol. The number of fused-ring (bicyclic) bond motifs is 1. The first-order valence-corrected chi connectivity index (χ1v) is 8.14. The van der Waals surface area contributed by atoms with Gasteiger partial charge < -0.3 is 10.0 Å². The van der Waals surface area contributed by atoms with Gasteiger partial charge >= 0.3 is 5.97 Å². The quantitative estimate of drug-likeness (QED) is 0.815. The third-order valence-electron chi connectivity index (χ3n) is 3.91. The lowest BCUT2D eigenvalue weighted by Gasteiger charge is -2.35. The molecule has 0 aliphatic carbocycles. The van der Waals surface area contributed by atoms with Gasteiger partial charge in [-0.05, 0) is 18.8 Å². The van der Waals surface area contributed by atoms with Gasteiger partial charge in [-0.2, -0.15) is 9.61 Å². The summed E-state index contributed by atoms with van der Waals surface area (Å²) in [6.45, 7) is 11.6. The van der Waals surface area contributed by atoms with Crippen molar-refractivity contribution in [3.8, 4) is 0 Å². The highest BCUT2D eigenvalue weighted by atomic mass is 35.5. The van der Waals surface area contributed by atoms with Crippen molar-refractivity contribution < 1.29 is 9.90 Å². The number of aromatic nitrogens is 3. The molecule has 126 valence electrons. The Morgan fingerprint density at radius 2 is 1.96 bits per heavy atom. The van der Waals surface area contributed by atoms with E-state index in [1.165, 1.54) is 6.07 Å². The molecule has 0 unspecified atom stereocenters. The van der Waals surface area contributed by atoms with Gasteiger partial charge in [0.25, 0.3) is 0 Å². The largest absolute Gasteiger partial charge is 0.476 e. The van der Waals surface area contributed by atoms with E-state index in [0.717, 1.165) is 12.4 Å². The molecule has 7 heteroatoms. The van der Waals surface area contributed by atoms with Crippen molar-refractivity contribution in [1.29, 1.82) is 0 Å². The van der Waals surface area contributed by atoms with E-state index in [4.69, 9.17) is 11.6 Å². The summed E-state index contributed by atoms with van der Waals surface area (Å²) in [6, 6.07) is 3.43. The number of hydrogen-bond acceptors (Lipinski definition) is 4. The maximum absolute atomic E-state index is 11.2. The number of aromatic carboxylic acids is 1. The van der Waals surface area contributed by atoms with Crippen LogP contribution in [0.4, 0.5) is 5.82 Å². The summed E-state index contributed by atoms with van der Waals surface area (Å²) in [4.78, 5) is 17.6. The van der Waals surface area contributed by atoms with Crippen LogP contribution in [-0.4, -0.2) is 38.3 Å². The molecule has 0 aromatic carbocycles. The van der Waals surface area contributed by atoms with Crippen molar-refractivity contribution >= 4 is 29.0 Å². The Labute approximate surface area is 141 Å². The molecule has 23 heavy (non-hydrogen) atoms. The van der Waals surface area contributed by atoms with Crippen LogP contribution in [0, 0.1) is 11.8 Å². The topological polar surface area (TPSA) is 70.7 Å². The number of carboxylic acids is 1. The molecule has 6 nitrogen and oxygen atoms in total. The van der Waals surface area contributed by atoms with Gasteiger partial charge in [-0.1, -0.05) is 39.3 Å². The summed E-state index contributed by atoms with van der Waals surface area (Å²) >= 11 is 6.15. The lowest BCUT2D eigenvalue weighted by atomic mass is 10.0. The van der Waals surface area contributed by atoms with Crippen molar-refractivity contribution in [3.63, 3.8) is 0 Å². The fourth-order valence-corrected chi connectivity index (χ4v) is 2.64. The molecule has 0 saturated carbocycles. The Morgan fingerprint density at radius 1 is 1.30 bits per heavy atom. The minimum absolute atomic E-state index is 0.0392. The standard InChI is InChI=1S/C16H23ClN4O2/c1-9(2)8-20(11(5)10(3)4)15-7-13(17)18-14-6-12(16(22)23)19-21(14)15/h6-7,9-11H,8H2,1-5H3,(H,22,23)/t11-/m1/s1. The van der Waals surface area contributed by atoms with E-state index in [2.05, 4.69) is 49.6 Å². The highest BCUT2D eigenvalue weighted by Gasteiger charge is 2.23. The van der Waals surface area contributed by atoms with Crippen molar-refractivity contribution in [2.45, 2.75) is 40.7 Å². The predicted octanol–water partition coefficient (Wildman–Crippen LogP) is 3.59. The van der Waals surface area contributed by atoms with Crippen molar-refractivity contribution in [2.24, 2.45) is 11.8 Å². The monoisotopic (exact) mass is 338 g/mol. The second-order valence-corrected chi connectivity index (χ2v) is 6.96. The lowest BCUT2D eigenvalue weighted by molar-refractivity contribution is 0.0690. The molecular formula is C16H23ClN4O2. The van der Waals surface area contributed by atoms with E-state index in [0.29, 0.717) is 22.6 Å². The zero-order chi connectivity index (χ0) is 17.3. The van der Waals surface area contributed by atoms with Crippen LogP contribution in [0.25, 0.3) is 5.65 Å². The summed E-state index contributed by atoms with van der Waals surface area (Å²) in [6.07, 6.45) is 0. The molecule has 1 atom stereocenters. The van der Waals surface area contributed by atoms with Gasteiger partial charge in [0.2, 0.25) is 0 Å². The Bertz CT molecular complexity index is 711. The molecule has 0 aliphatic heterocycles. The van der Waals surface area contributed by atoms with Crippen molar-refractivity contribution in [2.75, 3.05) is 11.4 Å². The normalized spacial score (nSPS) is 13.0. The Hall–Kier alpha value is -1.82. The van der Waals surface area contributed by atoms with Crippen LogP contribution >= 0.6 is 11.6 Å². The molecule has 0 aliphatic rings. The minimum atomic E-state index is -1.08. The number of carbonyl (C=O) groups is 1. The van der Waals surface area contributed by atoms with E-state index < -0.39 is 5.97 Å². The molecule has 0 fully saturated rings. The maximum atomic E-state index is 11.2. The molecule has 0 saturated heterocycles. The van der Waals surface area contributed by atoms with Crippen LogP contribution in [0.2, 0.25) is 5.15 Å². The molecule has 2 heterocycles. The van der Waals surface area contributed by atoms with E-state index in [-0.39, 0.29) is 11.7 Å². The summed E-state index contributed by atoms with van der Waals surface area (Å²) in [5.41, 5.74) is 0.400. The minimum Gasteiger partial charge on any atom is -0.476 e. The van der Waals surface area contributed by atoms with Gasteiger partial charge in [0.1, 0.15) is 11.0 Å². The molecule has 2 aromatic rings. The second-order valence-electron chi connectivity index (χ2n) is 6.57. The smallest absolute Gasteiger partial charge is 0.356 e. The van der Waals surface area contributed by atoms with E-state index in [1.807, 2.05) is 0 Å². The molecule has 1 N–H and O–H groups in total. The summed E-state index contributed by atoms with van der Waals surface area (Å²) < 4.78 is 1.57. The number of hydrogen-bond donors (Lipinski definition) is 1. The fraction of sp³-hybridized carbons (Fsp3) is 0.562. The zero-order valence-electron chi connectivity index (χ0n) is 14.1. The second kappa shape index (κ2) is 6.74. The van der Waals surface area contributed by atoms with Crippen LogP contribution in [-0.2, 0) is 0 Å². The summed E-state index contributed by atoms with van der Waals surface area (Å²) in [5, 5.41) is 13.7. The lowest BCUT2D eigenvalue weighted by Crippen LogP contribution is -2.40. The highest BCUT2D eigenvalue weighted by Crippen LogP contribution is 2.26. The average Bonchev–Trinajstić information content (AvgIpc) is 2.86. The first-order chi connectivity index (χ1) is 10.7. The van der Waals surface area contributed by atoms with Crippen LogP contribution in [0.3, 0.4) is 0 Å². The number of nitrogens with zero attached hydrogens (tertiary/aromatic N) is 4. The predicted molar refractivity (Wildman–Crippen MR) is 91.4 cm³/mol. The van der Waals surface area contributed by atoms with Gasteiger partial charge in [-0.3, -0.25) is 0 Å². The highest BCUT2D eigenvalue weighted by molar-refractivity contribution is 6.29. The van der Waals surface area contributed by atoms with Crippen molar-refractivity contribution in [1.82, 2.24) is 14.6 Å². The van der Waals surface area contributed by atoms with E-state index in [9.17, 15) is 9.90 Å². The Morgan fingerprint density at radius 3 is 2.48 bits per heavy atom. The number of anilines is 1. The number of halogens is 1. The Balaban J connectivity index is 2.63. The first-order valence-electron chi connectivity index (χ1n) is 7.77. The van der Waals surface area contributed by atoms with Gasteiger partial charge in [-0.15, -0.1) is 0 Å². The zero-order valence-corrected chi connectivity index (χ0v) is 14.9. The third kappa shape index (κ3) is 3.75. The first kappa shape index (κ1) is 17.5. The van der Waals surface area contributed by atoms with E-state index >= 15 is 0 Å². The number of carboxylic acid groups (broad SMARTS) is 1. The molecule has 2 rings (SSSR count). The number of rotatable bonds is 6. The maximum Gasteiger partial charge on any atom is 0.356 e. The summed E-state index contributed by atoms with van der Waals surface area (Å²) in [7, 11) is 0. The fourth-order valence-electron chi connectivity index (χ4n) is 2.46.